The molecular weight excluding hydrogens is 678 g/mol. The second-order valence-corrected chi connectivity index (χ2v) is 14.0. The van der Waals surface area contributed by atoms with Crippen molar-refractivity contribution in [2.75, 3.05) is 42.6 Å². The zero-order valence-electron chi connectivity index (χ0n) is 31.9. The zero-order valence-corrected chi connectivity index (χ0v) is 31.9. The Kier molecular flexibility index (Phi) is 10.2. The van der Waals surface area contributed by atoms with E-state index in [1.807, 2.05) is 66.4 Å². The van der Waals surface area contributed by atoms with Gasteiger partial charge in [-0.05, 0) is 82.5 Å². The summed E-state index contributed by atoms with van der Waals surface area (Å²) in [5.41, 5.74) is 5.90. The minimum atomic E-state index is -1.06. The van der Waals surface area contributed by atoms with Gasteiger partial charge < -0.3 is 24.2 Å². The Labute approximate surface area is 317 Å². The Balaban J connectivity index is 1.27. The van der Waals surface area contributed by atoms with Crippen LogP contribution in [0.5, 0.6) is 11.5 Å². The number of rotatable bonds is 12. The number of ether oxygens (including phenoxy) is 2. The van der Waals surface area contributed by atoms with Crippen LogP contribution in [-0.4, -0.2) is 55.6 Å². The maximum atomic E-state index is 15.3. The molecule has 5 aromatic carbocycles. The van der Waals surface area contributed by atoms with Crippen LogP contribution >= 0.6 is 0 Å². The highest BCUT2D eigenvalue weighted by molar-refractivity contribution is 6.02. The second-order valence-electron chi connectivity index (χ2n) is 14.0. The number of nitrogens with zero attached hydrogens (tertiary/aromatic N) is 3. The number of hydrogen-bond donors (Lipinski definition) is 0. The fourth-order valence-electron chi connectivity index (χ4n) is 8.29. The molecule has 2 aliphatic heterocycles. The molecule has 0 saturated heterocycles. The van der Waals surface area contributed by atoms with E-state index in [4.69, 9.17) is 9.47 Å². The Morgan fingerprint density at radius 3 is 1.87 bits per heavy atom. The van der Waals surface area contributed by atoms with Gasteiger partial charge in [-0.15, -0.1) is 0 Å². The SMILES string of the molecule is CCN(CC)c1ccc2c(c1)Oc1cc(N(CC)CC)ccc1C21c2ccccc2C(=O)N1[C@H](C)COC(=O)[C@H](C)c1ccc(-c2ccccc2)c(F)c1. The van der Waals surface area contributed by atoms with Gasteiger partial charge in [0.05, 0.1) is 12.0 Å². The van der Waals surface area contributed by atoms with Gasteiger partial charge in [-0.2, -0.15) is 0 Å². The van der Waals surface area contributed by atoms with E-state index >= 15 is 4.39 Å². The summed E-state index contributed by atoms with van der Waals surface area (Å²) in [6.07, 6.45) is 0. The molecule has 54 heavy (non-hydrogen) atoms. The van der Waals surface area contributed by atoms with E-state index in [0.717, 1.165) is 59.8 Å². The number of carbonyl (C=O) groups excluding carboxylic acids is 2. The Morgan fingerprint density at radius 1 is 0.722 bits per heavy atom. The van der Waals surface area contributed by atoms with E-state index in [1.54, 1.807) is 19.1 Å². The summed E-state index contributed by atoms with van der Waals surface area (Å²) in [5.74, 6) is -0.417. The van der Waals surface area contributed by atoms with Crippen molar-refractivity contribution in [3.05, 3.63) is 143 Å². The van der Waals surface area contributed by atoms with Gasteiger partial charge in [-0.1, -0.05) is 72.8 Å². The smallest absolute Gasteiger partial charge is 0.313 e. The summed E-state index contributed by atoms with van der Waals surface area (Å²) in [5, 5.41) is 0. The maximum absolute atomic E-state index is 15.3. The first-order valence-corrected chi connectivity index (χ1v) is 19.1. The van der Waals surface area contributed by atoms with Crippen LogP contribution in [0.15, 0.2) is 109 Å². The topological polar surface area (TPSA) is 62.3 Å². The van der Waals surface area contributed by atoms with E-state index in [-0.39, 0.29) is 12.5 Å². The molecule has 0 aliphatic carbocycles. The van der Waals surface area contributed by atoms with Crippen molar-refractivity contribution in [3.8, 4) is 22.6 Å². The van der Waals surface area contributed by atoms with Crippen LogP contribution in [0.4, 0.5) is 15.8 Å². The zero-order chi connectivity index (χ0) is 38.1. The van der Waals surface area contributed by atoms with Gasteiger partial charge in [0.15, 0.2) is 0 Å². The lowest BCUT2D eigenvalue weighted by atomic mass is 9.74. The number of carbonyl (C=O) groups is 2. The molecule has 0 aromatic heterocycles. The highest BCUT2D eigenvalue weighted by Gasteiger charge is 2.57. The number of anilines is 2. The van der Waals surface area contributed by atoms with Crippen LogP contribution in [0, 0.1) is 5.82 Å². The van der Waals surface area contributed by atoms with Crippen molar-refractivity contribution in [1.82, 2.24) is 4.90 Å². The fourth-order valence-corrected chi connectivity index (χ4v) is 8.29. The lowest BCUT2D eigenvalue weighted by Crippen LogP contribution is -2.53. The standard InChI is InChI=1S/C46H48FN3O4/c1-7-48(8-2)34-21-24-39-42(27-34)54-43-28-35(49(9-3)10-4)22-25-40(43)46(39)38-19-15-14-18-37(38)44(51)50(46)30(5)29-53-45(52)31(6)33-20-23-36(41(47)26-33)32-16-12-11-13-17-32/h11-28,30-31H,7-10,29H2,1-6H3/t30-,31-/m1/s1. The Bertz CT molecular complexity index is 2120. The van der Waals surface area contributed by atoms with E-state index in [9.17, 15) is 9.59 Å². The minimum Gasteiger partial charge on any atom is -0.463 e. The number of esters is 1. The number of fused-ring (bicyclic) bond motifs is 6. The molecule has 7 rings (SSSR count). The van der Waals surface area contributed by atoms with E-state index in [0.29, 0.717) is 28.2 Å². The van der Waals surface area contributed by atoms with Gasteiger partial charge >= 0.3 is 5.97 Å². The highest BCUT2D eigenvalue weighted by atomic mass is 19.1. The Hall–Kier alpha value is -5.63. The quantitative estimate of drug-likeness (QED) is 0.119. The number of amides is 1. The van der Waals surface area contributed by atoms with Crippen LogP contribution in [0.2, 0.25) is 0 Å². The Morgan fingerprint density at radius 2 is 1.30 bits per heavy atom. The summed E-state index contributed by atoms with van der Waals surface area (Å²) >= 11 is 0. The van der Waals surface area contributed by atoms with Gasteiger partial charge in [0.25, 0.3) is 5.91 Å². The highest BCUT2D eigenvalue weighted by Crippen LogP contribution is 2.59. The first kappa shape index (κ1) is 36.7. The van der Waals surface area contributed by atoms with E-state index in [2.05, 4.69) is 73.9 Å². The summed E-state index contributed by atoms with van der Waals surface area (Å²) in [6.45, 7) is 15.4. The first-order chi connectivity index (χ1) is 26.2. The van der Waals surface area contributed by atoms with E-state index in [1.165, 1.54) is 6.07 Å². The monoisotopic (exact) mass is 725 g/mol. The predicted molar refractivity (Wildman–Crippen MR) is 213 cm³/mol. The minimum absolute atomic E-state index is 0.0597. The molecule has 7 nitrogen and oxygen atoms in total. The van der Waals surface area contributed by atoms with E-state index < -0.39 is 29.3 Å². The van der Waals surface area contributed by atoms with Crippen molar-refractivity contribution >= 4 is 23.3 Å². The average molecular weight is 726 g/mol. The summed E-state index contributed by atoms with van der Waals surface area (Å²) in [4.78, 5) is 34.8. The summed E-state index contributed by atoms with van der Waals surface area (Å²) in [7, 11) is 0. The average Bonchev–Trinajstić information content (AvgIpc) is 3.45. The molecule has 2 aliphatic rings. The van der Waals surface area contributed by atoms with Crippen LogP contribution < -0.4 is 14.5 Å². The molecule has 5 aromatic rings. The number of benzene rings is 5. The van der Waals surface area contributed by atoms with Crippen LogP contribution in [0.3, 0.4) is 0 Å². The third-order valence-electron chi connectivity index (χ3n) is 11.2. The van der Waals surface area contributed by atoms with Gasteiger partial charge in [0.1, 0.15) is 29.5 Å². The molecule has 1 spiro atoms. The molecule has 1 amide bonds. The van der Waals surface area contributed by atoms with Crippen molar-refractivity contribution in [1.29, 1.82) is 0 Å². The summed E-state index contributed by atoms with van der Waals surface area (Å²) < 4.78 is 28.1. The van der Waals surface area contributed by atoms with Gasteiger partial charge in [0.2, 0.25) is 0 Å². The molecule has 0 unspecified atom stereocenters. The lowest BCUT2D eigenvalue weighted by molar-refractivity contribution is -0.146. The van der Waals surface area contributed by atoms with Gasteiger partial charge in [0, 0.05) is 71.9 Å². The third-order valence-corrected chi connectivity index (χ3v) is 11.2. The van der Waals surface area contributed by atoms with Crippen molar-refractivity contribution in [2.24, 2.45) is 0 Å². The maximum Gasteiger partial charge on any atom is 0.313 e. The molecular formula is C46H48FN3O4. The van der Waals surface area contributed by atoms with Crippen LogP contribution in [0.25, 0.3) is 11.1 Å². The van der Waals surface area contributed by atoms with Gasteiger partial charge in [-0.3, -0.25) is 9.59 Å². The molecule has 0 N–H and O–H groups in total. The second kappa shape index (κ2) is 15.0. The largest absolute Gasteiger partial charge is 0.463 e. The number of halogens is 1. The predicted octanol–water partition coefficient (Wildman–Crippen LogP) is 9.77. The van der Waals surface area contributed by atoms with Crippen LogP contribution in [0.1, 0.15) is 80.1 Å². The molecule has 0 bridgehead atoms. The molecule has 278 valence electrons. The molecule has 8 heteroatoms. The number of hydrogen-bond acceptors (Lipinski definition) is 6. The normalized spacial score (nSPS) is 14.8. The van der Waals surface area contributed by atoms with Crippen molar-refractivity contribution in [2.45, 2.75) is 59.0 Å². The van der Waals surface area contributed by atoms with Crippen molar-refractivity contribution < 1.29 is 23.5 Å². The molecule has 0 radical (unpaired) electrons. The molecule has 2 heterocycles. The third kappa shape index (κ3) is 6.07. The fraction of sp³-hybridized carbons (Fsp3) is 0.304. The van der Waals surface area contributed by atoms with Crippen LogP contribution in [-0.2, 0) is 15.1 Å². The molecule has 0 fully saturated rings. The summed E-state index contributed by atoms with van der Waals surface area (Å²) in [6, 6.07) is 33.9. The molecule has 0 saturated carbocycles. The van der Waals surface area contributed by atoms with Gasteiger partial charge in [-0.25, -0.2) is 4.39 Å². The molecule has 2 atom stereocenters. The first-order valence-electron chi connectivity index (χ1n) is 19.1. The lowest BCUT2D eigenvalue weighted by Gasteiger charge is -2.47. The van der Waals surface area contributed by atoms with Crippen molar-refractivity contribution in [3.63, 3.8) is 0 Å².